The van der Waals surface area contributed by atoms with E-state index in [1.165, 1.54) is 6.20 Å². The van der Waals surface area contributed by atoms with E-state index in [-0.39, 0.29) is 0 Å². The standard InChI is InChI=1S/C10H11N3O/c11-10-8(6-12-13-10)9(14)7-4-2-1-3-5-7/h1-6,9,14H,(H3,11,12,13). The number of aromatic nitrogens is 2. The van der Waals surface area contributed by atoms with E-state index >= 15 is 0 Å². The zero-order valence-electron chi connectivity index (χ0n) is 7.51. The zero-order chi connectivity index (χ0) is 9.97. The molecule has 0 saturated carbocycles. The second-order valence-electron chi connectivity index (χ2n) is 3.05. The summed E-state index contributed by atoms with van der Waals surface area (Å²) in [6.45, 7) is 0. The third-order valence-corrected chi connectivity index (χ3v) is 2.11. The zero-order valence-corrected chi connectivity index (χ0v) is 7.51. The molecule has 0 aliphatic carbocycles. The summed E-state index contributed by atoms with van der Waals surface area (Å²) in [5.41, 5.74) is 7.01. The van der Waals surface area contributed by atoms with Crippen LogP contribution in [0.4, 0.5) is 5.82 Å². The molecular formula is C10H11N3O. The van der Waals surface area contributed by atoms with E-state index in [9.17, 15) is 5.11 Å². The summed E-state index contributed by atoms with van der Waals surface area (Å²) in [5, 5.41) is 16.3. The van der Waals surface area contributed by atoms with E-state index in [0.29, 0.717) is 11.4 Å². The number of hydrogen-bond acceptors (Lipinski definition) is 3. The van der Waals surface area contributed by atoms with Crippen LogP contribution >= 0.6 is 0 Å². The number of benzene rings is 1. The minimum atomic E-state index is -0.713. The summed E-state index contributed by atoms with van der Waals surface area (Å²) >= 11 is 0. The molecule has 1 atom stereocenters. The quantitative estimate of drug-likeness (QED) is 0.661. The van der Waals surface area contributed by atoms with Gasteiger partial charge in [-0.1, -0.05) is 30.3 Å². The third-order valence-electron chi connectivity index (χ3n) is 2.11. The van der Waals surface area contributed by atoms with Crippen LogP contribution in [0.1, 0.15) is 17.2 Å². The Labute approximate surface area is 81.4 Å². The number of rotatable bonds is 2. The molecule has 0 fully saturated rings. The smallest absolute Gasteiger partial charge is 0.125 e. The second kappa shape index (κ2) is 3.51. The Kier molecular flexibility index (Phi) is 2.20. The Balaban J connectivity index is 2.34. The van der Waals surface area contributed by atoms with E-state index in [1.807, 2.05) is 30.3 Å². The van der Waals surface area contributed by atoms with Gasteiger partial charge in [0.05, 0.1) is 6.20 Å². The van der Waals surface area contributed by atoms with Gasteiger partial charge in [-0.05, 0) is 5.56 Å². The van der Waals surface area contributed by atoms with Gasteiger partial charge < -0.3 is 10.8 Å². The number of aliphatic hydroxyl groups excluding tert-OH is 1. The first-order valence-electron chi connectivity index (χ1n) is 4.31. The summed E-state index contributed by atoms with van der Waals surface area (Å²) < 4.78 is 0. The molecule has 1 aromatic carbocycles. The van der Waals surface area contributed by atoms with E-state index in [1.54, 1.807) is 0 Å². The van der Waals surface area contributed by atoms with E-state index < -0.39 is 6.10 Å². The van der Waals surface area contributed by atoms with Crippen molar-refractivity contribution in [3.05, 3.63) is 47.7 Å². The fourth-order valence-electron chi connectivity index (χ4n) is 1.34. The van der Waals surface area contributed by atoms with Crippen molar-refractivity contribution in [2.45, 2.75) is 6.10 Å². The molecule has 1 unspecified atom stereocenters. The molecule has 4 nitrogen and oxygen atoms in total. The number of aromatic amines is 1. The number of hydrogen-bond donors (Lipinski definition) is 3. The van der Waals surface area contributed by atoms with Gasteiger partial charge in [0.2, 0.25) is 0 Å². The van der Waals surface area contributed by atoms with Crippen molar-refractivity contribution in [1.82, 2.24) is 10.2 Å². The Morgan fingerprint density at radius 3 is 2.57 bits per heavy atom. The summed E-state index contributed by atoms with van der Waals surface area (Å²) in [4.78, 5) is 0. The van der Waals surface area contributed by atoms with E-state index in [0.717, 1.165) is 5.56 Å². The van der Waals surface area contributed by atoms with Gasteiger partial charge in [0.1, 0.15) is 11.9 Å². The molecule has 0 saturated heterocycles. The van der Waals surface area contributed by atoms with Gasteiger partial charge in [0.25, 0.3) is 0 Å². The number of nitrogens with zero attached hydrogens (tertiary/aromatic N) is 1. The van der Waals surface area contributed by atoms with Crippen LogP contribution in [-0.4, -0.2) is 15.3 Å². The molecule has 0 amide bonds. The molecule has 4 heteroatoms. The Hall–Kier alpha value is -1.81. The molecule has 4 N–H and O–H groups in total. The maximum absolute atomic E-state index is 9.92. The van der Waals surface area contributed by atoms with Crippen molar-refractivity contribution in [2.75, 3.05) is 5.73 Å². The van der Waals surface area contributed by atoms with Crippen molar-refractivity contribution in [2.24, 2.45) is 0 Å². The highest BCUT2D eigenvalue weighted by Crippen LogP contribution is 2.24. The fourth-order valence-corrected chi connectivity index (χ4v) is 1.34. The fraction of sp³-hybridized carbons (Fsp3) is 0.100. The Morgan fingerprint density at radius 2 is 2.00 bits per heavy atom. The Morgan fingerprint density at radius 1 is 1.29 bits per heavy atom. The van der Waals surface area contributed by atoms with Crippen molar-refractivity contribution in [3.8, 4) is 0 Å². The number of nitrogen functional groups attached to an aromatic ring is 1. The van der Waals surface area contributed by atoms with Crippen LogP contribution in [0.3, 0.4) is 0 Å². The molecule has 0 radical (unpaired) electrons. The molecule has 0 spiro atoms. The highest BCUT2D eigenvalue weighted by molar-refractivity contribution is 5.42. The number of aliphatic hydroxyl groups is 1. The van der Waals surface area contributed by atoms with Crippen LogP contribution in [0.15, 0.2) is 36.5 Å². The third kappa shape index (κ3) is 1.47. The number of nitrogens with two attached hydrogens (primary N) is 1. The van der Waals surface area contributed by atoms with Crippen molar-refractivity contribution in [3.63, 3.8) is 0 Å². The average Bonchev–Trinajstić information content (AvgIpc) is 2.65. The van der Waals surface area contributed by atoms with E-state index in [4.69, 9.17) is 5.73 Å². The van der Waals surface area contributed by atoms with Gasteiger partial charge in [0.15, 0.2) is 0 Å². The number of anilines is 1. The van der Waals surface area contributed by atoms with Crippen LogP contribution in [0.2, 0.25) is 0 Å². The first-order chi connectivity index (χ1) is 6.79. The van der Waals surface area contributed by atoms with Crippen LogP contribution < -0.4 is 5.73 Å². The van der Waals surface area contributed by atoms with Crippen LogP contribution in [0, 0.1) is 0 Å². The van der Waals surface area contributed by atoms with Gasteiger partial charge in [-0.25, -0.2) is 0 Å². The summed E-state index contributed by atoms with van der Waals surface area (Å²) in [5.74, 6) is 0.404. The van der Waals surface area contributed by atoms with Crippen molar-refractivity contribution >= 4 is 5.82 Å². The molecule has 1 aromatic heterocycles. The second-order valence-corrected chi connectivity index (χ2v) is 3.05. The lowest BCUT2D eigenvalue weighted by molar-refractivity contribution is 0.221. The minimum absolute atomic E-state index is 0.404. The van der Waals surface area contributed by atoms with E-state index in [2.05, 4.69) is 10.2 Å². The molecular weight excluding hydrogens is 178 g/mol. The SMILES string of the molecule is Nc1[nH]ncc1C(O)c1ccccc1. The monoisotopic (exact) mass is 189 g/mol. The predicted molar refractivity (Wildman–Crippen MR) is 53.5 cm³/mol. The molecule has 1 heterocycles. The first kappa shape index (κ1) is 8.77. The molecule has 14 heavy (non-hydrogen) atoms. The summed E-state index contributed by atoms with van der Waals surface area (Å²) in [6, 6.07) is 9.33. The number of H-pyrrole nitrogens is 1. The maximum atomic E-state index is 9.92. The molecule has 2 aromatic rings. The maximum Gasteiger partial charge on any atom is 0.125 e. The average molecular weight is 189 g/mol. The Bertz CT molecular complexity index is 410. The topological polar surface area (TPSA) is 74.9 Å². The van der Waals surface area contributed by atoms with Gasteiger partial charge in [0, 0.05) is 5.56 Å². The largest absolute Gasteiger partial charge is 0.384 e. The van der Waals surface area contributed by atoms with Crippen molar-refractivity contribution < 1.29 is 5.11 Å². The molecule has 72 valence electrons. The predicted octanol–water partition coefficient (Wildman–Crippen LogP) is 1.07. The highest BCUT2D eigenvalue weighted by atomic mass is 16.3. The lowest BCUT2D eigenvalue weighted by Gasteiger charge is -2.08. The lowest BCUT2D eigenvalue weighted by atomic mass is 10.0. The van der Waals surface area contributed by atoms with Gasteiger partial charge in [-0.3, -0.25) is 5.10 Å². The summed E-state index contributed by atoms with van der Waals surface area (Å²) in [7, 11) is 0. The van der Waals surface area contributed by atoms with Crippen LogP contribution in [0.5, 0.6) is 0 Å². The van der Waals surface area contributed by atoms with Crippen molar-refractivity contribution in [1.29, 1.82) is 0 Å². The minimum Gasteiger partial charge on any atom is -0.384 e. The molecule has 0 aliphatic rings. The lowest BCUT2D eigenvalue weighted by Crippen LogP contribution is -2.01. The number of nitrogens with one attached hydrogen (secondary N) is 1. The van der Waals surface area contributed by atoms with Gasteiger partial charge >= 0.3 is 0 Å². The molecule has 0 bridgehead atoms. The summed E-state index contributed by atoms with van der Waals surface area (Å²) in [6.07, 6.45) is 0.822. The van der Waals surface area contributed by atoms with Crippen LogP contribution in [-0.2, 0) is 0 Å². The first-order valence-corrected chi connectivity index (χ1v) is 4.31. The highest BCUT2D eigenvalue weighted by Gasteiger charge is 2.14. The normalized spacial score (nSPS) is 12.6. The van der Waals surface area contributed by atoms with Gasteiger partial charge in [-0.2, -0.15) is 5.10 Å². The molecule has 0 aliphatic heterocycles. The van der Waals surface area contributed by atoms with Gasteiger partial charge in [-0.15, -0.1) is 0 Å². The molecule has 2 rings (SSSR count). The van der Waals surface area contributed by atoms with Crippen LogP contribution in [0.25, 0.3) is 0 Å².